The molecule has 13 nitrogen and oxygen atoms in total. The molecule has 5 N–H and O–H groups in total. The van der Waals surface area contributed by atoms with Crippen LogP contribution in [0, 0.1) is 11.8 Å². The number of aromatic nitrogens is 3. The summed E-state index contributed by atoms with van der Waals surface area (Å²) in [7, 11) is 1.30. The third kappa shape index (κ3) is 13.0. The van der Waals surface area contributed by atoms with Crippen molar-refractivity contribution in [1.82, 2.24) is 14.5 Å². The number of hydrogen-bond donors (Lipinski definition) is 3. The van der Waals surface area contributed by atoms with Crippen LogP contribution in [0.3, 0.4) is 0 Å². The van der Waals surface area contributed by atoms with Crippen LogP contribution in [0.4, 0.5) is 5.82 Å². The number of primary amides is 1. The fourth-order valence-electron chi connectivity index (χ4n) is 5.37. The number of aliphatic hydroxyl groups is 1. The Kier molecular flexibility index (Phi) is 18.2. The van der Waals surface area contributed by atoms with Gasteiger partial charge in [0.1, 0.15) is 30.0 Å². The highest BCUT2D eigenvalue weighted by Gasteiger charge is 2.34. The van der Waals surface area contributed by atoms with Crippen LogP contribution in [0.2, 0.25) is 0 Å². The van der Waals surface area contributed by atoms with Crippen LogP contribution >= 0.6 is 0 Å². The molecule has 1 amide bonds. The third-order valence-electron chi connectivity index (χ3n) is 7.97. The lowest BCUT2D eigenvalue weighted by molar-refractivity contribution is -0.150. The first-order valence-corrected chi connectivity index (χ1v) is 16.5. The lowest BCUT2D eigenvalue weighted by Gasteiger charge is -2.25. The molecule has 0 aliphatic carbocycles. The van der Waals surface area contributed by atoms with Gasteiger partial charge in [0.25, 0.3) is 5.91 Å². The molecule has 0 fully saturated rings. The molecular weight excluding hydrogens is 580 g/mol. The molecule has 2 aromatic heterocycles. The normalized spacial score (nSPS) is 13.5. The van der Waals surface area contributed by atoms with E-state index in [1.54, 1.807) is 6.92 Å². The van der Waals surface area contributed by atoms with Crippen molar-refractivity contribution in [3.05, 3.63) is 22.5 Å². The number of carbonyl (C=O) groups is 2. The van der Waals surface area contributed by atoms with E-state index < -0.39 is 30.3 Å². The first kappa shape index (κ1) is 38.0. The maximum absolute atomic E-state index is 12.3. The second kappa shape index (κ2) is 21.6. The summed E-state index contributed by atoms with van der Waals surface area (Å²) in [6.07, 6.45) is 16.6. The van der Waals surface area contributed by atoms with Crippen molar-refractivity contribution in [2.75, 3.05) is 32.7 Å². The van der Waals surface area contributed by atoms with Gasteiger partial charge in [0.05, 0.1) is 24.0 Å². The van der Waals surface area contributed by atoms with Gasteiger partial charge in [-0.3, -0.25) is 9.59 Å². The smallest absolute Gasteiger partial charge is 0.308 e. The number of nitrogens with zero attached hydrogens (tertiary/aromatic N) is 4. The third-order valence-corrected chi connectivity index (χ3v) is 7.97. The molecule has 3 atom stereocenters. The molecule has 2 rings (SSSR count). The number of methoxy groups -OCH3 is 1. The van der Waals surface area contributed by atoms with Crippen molar-refractivity contribution in [2.24, 2.45) is 10.9 Å². The van der Waals surface area contributed by atoms with Crippen LogP contribution in [-0.4, -0.2) is 70.6 Å². The molecule has 3 unspecified atom stereocenters. The number of esters is 1. The number of carbonyl (C=O) groups excluding carboxylic acids is 2. The fourth-order valence-corrected chi connectivity index (χ4v) is 5.37. The molecule has 0 aliphatic heterocycles. The summed E-state index contributed by atoms with van der Waals surface area (Å²) in [5.74, 6) is -1.07. The van der Waals surface area contributed by atoms with Gasteiger partial charge in [0, 0.05) is 19.9 Å². The number of rotatable bonds is 26. The van der Waals surface area contributed by atoms with E-state index in [1.807, 2.05) is 0 Å². The average molecular weight is 635 g/mol. The lowest BCUT2D eigenvalue weighted by Crippen LogP contribution is -2.38. The van der Waals surface area contributed by atoms with Gasteiger partial charge in [-0.2, -0.15) is 4.91 Å². The minimum absolute atomic E-state index is 0.00310. The molecule has 254 valence electrons. The van der Waals surface area contributed by atoms with Gasteiger partial charge in [-0.15, -0.1) is 0 Å². The van der Waals surface area contributed by atoms with E-state index in [1.165, 1.54) is 90.4 Å². The largest absolute Gasteiger partial charge is 0.463 e. The van der Waals surface area contributed by atoms with Crippen LogP contribution in [0.25, 0.3) is 11.0 Å². The number of aryl methyl sites for hydroxylation is 1. The number of hydrogen-bond acceptors (Lipinski definition) is 11. The fraction of sp³-hybridized carbons (Fsp3) is 0.750. The van der Waals surface area contributed by atoms with Crippen molar-refractivity contribution in [2.45, 2.75) is 129 Å². The number of nitrogen functional groups attached to an aromatic ring is 1. The number of nitrogens with two attached hydrogens (primary N) is 2. The Balaban J connectivity index is 1.65. The SMILES string of the molecule is CCCCCCCCCCCCCCCCOCCC(=O)OCC(OC)C(N=O)C(O)n1cc(C(N)=O)c2c(N)nc(C)nc21. The van der Waals surface area contributed by atoms with E-state index in [9.17, 15) is 19.6 Å². The standard InChI is InChI=1S/C32H54N6O7/c1-4-5-6-7-8-9-10-11-12-13-14-15-16-17-19-44-20-18-26(39)45-22-25(43-3)28(37-42)32(41)38-21-24(30(34)40)27-29(33)35-23(2)36-31(27)38/h21,25,28,32,41H,4-20,22H2,1-3H3,(H2,34,40)(H2,33,35,36). The minimum atomic E-state index is -1.64. The Morgan fingerprint density at radius 3 is 2.07 bits per heavy atom. The summed E-state index contributed by atoms with van der Waals surface area (Å²) in [6, 6.07) is -1.42. The zero-order valence-electron chi connectivity index (χ0n) is 27.4. The molecule has 0 aromatic carbocycles. The van der Waals surface area contributed by atoms with Gasteiger partial charge in [-0.05, 0) is 13.3 Å². The Morgan fingerprint density at radius 1 is 0.956 bits per heavy atom. The summed E-state index contributed by atoms with van der Waals surface area (Å²) < 4.78 is 17.3. The highest BCUT2D eigenvalue weighted by atomic mass is 16.6. The number of aliphatic hydroxyl groups excluding tert-OH is 1. The second-order valence-corrected chi connectivity index (χ2v) is 11.6. The summed E-state index contributed by atoms with van der Waals surface area (Å²) in [5, 5.41) is 14.2. The maximum Gasteiger partial charge on any atom is 0.308 e. The first-order valence-electron chi connectivity index (χ1n) is 16.5. The van der Waals surface area contributed by atoms with Gasteiger partial charge < -0.3 is 35.4 Å². The van der Waals surface area contributed by atoms with Gasteiger partial charge >= 0.3 is 5.97 Å². The minimum Gasteiger partial charge on any atom is -0.463 e. The second-order valence-electron chi connectivity index (χ2n) is 11.6. The molecule has 0 radical (unpaired) electrons. The lowest BCUT2D eigenvalue weighted by atomic mass is 10.0. The Morgan fingerprint density at radius 2 is 1.53 bits per heavy atom. The van der Waals surface area contributed by atoms with Crippen LogP contribution in [0.5, 0.6) is 0 Å². The first-order chi connectivity index (χ1) is 21.7. The zero-order chi connectivity index (χ0) is 33.0. The van der Waals surface area contributed by atoms with E-state index >= 15 is 0 Å². The molecule has 0 aliphatic rings. The van der Waals surface area contributed by atoms with Crippen LogP contribution in [-0.2, 0) is 19.0 Å². The highest BCUT2D eigenvalue weighted by molar-refractivity contribution is 6.08. The van der Waals surface area contributed by atoms with Gasteiger partial charge in [0.2, 0.25) is 0 Å². The molecule has 0 saturated heterocycles. The monoisotopic (exact) mass is 634 g/mol. The van der Waals surface area contributed by atoms with Crippen LogP contribution in [0.15, 0.2) is 11.4 Å². The summed E-state index contributed by atoms with van der Waals surface area (Å²) >= 11 is 0. The van der Waals surface area contributed by atoms with Gasteiger partial charge in [-0.1, -0.05) is 95.6 Å². The summed E-state index contributed by atoms with van der Waals surface area (Å²) in [5.41, 5.74) is 11.5. The molecule has 2 heterocycles. The van der Waals surface area contributed by atoms with Crippen molar-refractivity contribution in [3.8, 4) is 0 Å². The topological polar surface area (TPSA) is 194 Å². The number of anilines is 1. The molecular formula is C32H54N6O7. The summed E-state index contributed by atoms with van der Waals surface area (Å²) in [4.78, 5) is 44.4. The van der Waals surface area contributed by atoms with E-state index in [0.29, 0.717) is 6.61 Å². The van der Waals surface area contributed by atoms with Crippen molar-refractivity contribution in [3.63, 3.8) is 0 Å². The zero-order valence-corrected chi connectivity index (χ0v) is 27.4. The van der Waals surface area contributed by atoms with Gasteiger partial charge in [0.15, 0.2) is 12.3 Å². The van der Waals surface area contributed by atoms with Crippen molar-refractivity contribution >= 4 is 28.7 Å². The number of nitroso groups, excluding NO2 is 1. The molecule has 45 heavy (non-hydrogen) atoms. The van der Waals surface area contributed by atoms with Crippen molar-refractivity contribution < 1.29 is 28.9 Å². The van der Waals surface area contributed by atoms with Crippen LogP contribution in [0.1, 0.15) is 126 Å². The van der Waals surface area contributed by atoms with E-state index in [4.69, 9.17) is 25.7 Å². The molecule has 2 aromatic rings. The van der Waals surface area contributed by atoms with E-state index in [0.717, 1.165) is 17.4 Å². The predicted molar refractivity (Wildman–Crippen MR) is 174 cm³/mol. The Labute approximate surface area is 266 Å². The highest BCUT2D eigenvalue weighted by Crippen LogP contribution is 2.29. The maximum atomic E-state index is 12.3. The molecule has 0 spiro atoms. The predicted octanol–water partition coefficient (Wildman–Crippen LogP) is 5.49. The number of fused-ring (bicyclic) bond motifs is 1. The molecule has 0 saturated carbocycles. The average Bonchev–Trinajstić information content (AvgIpc) is 3.40. The van der Waals surface area contributed by atoms with Crippen LogP contribution < -0.4 is 11.5 Å². The number of ether oxygens (including phenoxy) is 3. The Bertz CT molecular complexity index is 1170. The number of unbranched alkanes of at least 4 members (excludes halogenated alkanes) is 13. The summed E-state index contributed by atoms with van der Waals surface area (Å²) in [6.45, 7) is 4.31. The van der Waals surface area contributed by atoms with Crippen molar-refractivity contribution in [1.29, 1.82) is 0 Å². The quantitative estimate of drug-likeness (QED) is 0.0676. The van der Waals surface area contributed by atoms with E-state index in [-0.39, 0.29) is 47.9 Å². The Hall–Kier alpha value is -3.16. The van der Waals surface area contributed by atoms with Gasteiger partial charge in [-0.25, -0.2) is 9.97 Å². The molecule has 13 heteroatoms. The van der Waals surface area contributed by atoms with E-state index in [2.05, 4.69) is 22.1 Å². The number of amides is 1. The molecule has 0 bridgehead atoms.